The fourth-order valence-corrected chi connectivity index (χ4v) is 6.28. The van der Waals surface area contributed by atoms with Gasteiger partial charge in [-0.05, 0) is 85.6 Å². The molecule has 2 N–H and O–H groups in total. The van der Waals surface area contributed by atoms with Crippen LogP contribution in [-0.4, -0.2) is 53.5 Å². The van der Waals surface area contributed by atoms with Crippen LogP contribution in [0.25, 0.3) is 0 Å². The molecular weight excluding hydrogens is 511 g/mol. The molecule has 0 aromatic heterocycles. The van der Waals surface area contributed by atoms with Gasteiger partial charge in [-0.3, -0.25) is 4.79 Å². The Morgan fingerprint density at radius 1 is 1.14 bits per heavy atom. The molecule has 1 fully saturated rings. The van der Waals surface area contributed by atoms with Crippen molar-refractivity contribution in [3.05, 3.63) is 63.7 Å². The Kier molecular flexibility index (Phi) is 8.14. The van der Waals surface area contributed by atoms with Gasteiger partial charge in [-0.2, -0.15) is 13.2 Å². The van der Waals surface area contributed by atoms with Crippen molar-refractivity contribution in [2.45, 2.75) is 38.4 Å². The lowest BCUT2D eigenvalue weighted by molar-refractivity contribution is -0.137. The Morgan fingerprint density at radius 3 is 2.50 bits per heavy atom. The Labute approximate surface area is 217 Å². The quantitative estimate of drug-likeness (QED) is 0.455. The van der Waals surface area contributed by atoms with Crippen molar-refractivity contribution in [2.75, 3.05) is 43.6 Å². The van der Waals surface area contributed by atoms with Crippen molar-refractivity contribution >= 4 is 33.7 Å². The minimum absolute atomic E-state index is 0.0998. The summed E-state index contributed by atoms with van der Waals surface area (Å²) in [6.07, 6.45) is 2.95. The summed E-state index contributed by atoms with van der Waals surface area (Å²) in [4.78, 5) is 15.0. The maximum atomic E-state index is 13.0. The molecule has 0 unspecified atom stereocenters. The molecule has 5 nitrogen and oxygen atoms in total. The van der Waals surface area contributed by atoms with Crippen LogP contribution in [0.2, 0.25) is 5.02 Å². The zero-order valence-corrected chi connectivity index (χ0v) is 22.1. The second-order valence-corrected chi connectivity index (χ2v) is 13.3. The Bertz CT molecular complexity index is 1100. The standard InChI is InChI=1S/C26H33ClF3N3O2S/c1-36(2,35)33-12-9-18(10-13-33)16-31-25(34)20-6-8-24-19(14-20)4-3-11-32(24)17-21-5-7-22(15-23(21)27)26(28,29)30/h5-8,14-15,18,35H,3-4,9-13,16-17H2,1-2H3,(H,31,34). The van der Waals surface area contributed by atoms with E-state index in [4.69, 9.17) is 11.6 Å². The summed E-state index contributed by atoms with van der Waals surface area (Å²) in [5.74, 6) is 0.296. The number of nitrogens with one attached hydrogen (secondary N) is 1. The topological polar surface area (TPSA) is 55.8 Å². The predicted octanol–water partition coefficient (Wildman–Crippen LogP) is 6.21. The van der Waals surface area contributed by atoms with E-state index < -0.39 is 22.2 Å². The highest BCUT2D eigenvalue weighted by Crippen LogP contribution is 2.41. The van der Waals surface area contributed by atoms with Crippen molar-refractivity contribution in [2.24, 2.45) is 5.92 Å². The van der Waals surface area contributed by atoms with Gasteiger partial charge in [0.15, 0.2) is 0 Å². The molecule has 0 aliphatic carbocycles. The number of hydrogen-bond donors (Lipinski definition) is 2. The normalized spacial score (nSPS) is 18.1. The Hall–Kier alpha value is -1.94. The Morgan fingerprint density at radius 2 is 1.86 bits per heavy atom. The molecule has 2 aromatic rings. The van der Waals surface area contributed by atoms with Crippen LogP contribution in [0.15, 0.2) is 36.4 Å². The van der Waals surface area contributed by atoms with Crippen molar-refractivity contribution in [1.29, 1.82) is 0 Å². The van der Waals surface area contributed by atoms with E-state index in [0.29, 0.717) is 30.1 Å². The number of carbonyl (C=O) groups is 1. The van der Waals surface area contributed by atoms with Gasteiger partial charge >= 0.3 is 6.18 Å². The number of fused-ring (bicyclic) bond motifs is 1. The van der Waals surface area contributed by atoms with Crippen LogP contribution in [-0.2, 0) is 19.1 Å². The largest absolute Gasteiger partial charge is 0.416 e. The number of halogens is 4. The number of piperidine rings is 1. The molecule has 2 aliphatic rings. The van der Waals surface area contributed by atoms with Crippen LogP contribution in [0, 0.1) is 5.92 Å². The fourth-order valence-electron chi connectivity index (χ4n) is 4.94. The van der Waals surface area contributed by atoms with E-state index in [1.807, 2.05) is 24.6 Å². The van der Waals surface area contributed by atoms with E-state index in [2.05, 4.69) is 14.5 Å². The molecule has 2 aromatic carbocycles. The van der Waals surface area contributed by atoms with Gasteiger partial charge in [0.2, 0.25) is 0 Å². The predicted molar refractivity (Wildman–Crippen MR) is 141 cm³/mol. The lowest BCUT2D eigenvalue weighted by Crippen LogP contribution is -2.39. The highest BCUT2D eigenvalue weighted by Gasteiger charge is 2.31. The van der Waals surface area contributed by atoms with E-state index in [1.165, 1.54) is 6.07 Å². The highest BCUT2D eigenvalue weighted by atomic mass is 35.5. The van der Waals surface area contributed by atoms with Gasteiger partial charge in [-0.15, -0.1) is 0 Å². The second kappa shape index (κ2) is 10.8. The number of anilines is 1. The van der Waals surface area contributed by atoms with Crippen molar-refractivity contribution in [3.8, 4) is 0 Å². The highest BCUT2D eigenvalue weighted by molar-refractivity contribution is 8.26. The number of carbonyl (C=O) groups excluding carboxylic acids is 1. The summed E-state index contributed by atoms with van der Waals surface area (Å²) in [7, 11) is -1.68. The van der Waals surface area contributed by atoms with Gasteiger partial charge in [0.05, 0.1) is 5.56 Å². The van der Waals surface area contributed by atoms with Crippen molar-refractivity contribution < 1.29 is 22.5 Å². The van der Waals surface area contributed by atoms with E-state index in [-0.39, 0.29) is 10.9 Å². The third-order valence-electron chi connectivity index (χ3n) is 7.05. The number of benzene rings is 2. The van der Waals surface area contributed by atoms with Crippen LogP contribution < -0.4 is 10.2 Å². The molecule has 198 valence electrons. The maximum absolute atomic E-state index is 13.0. The molecule has 10 heteroatoms. The number of hydrogen-bond acceptors (Lipinski definition) is 4. The minimum Gasteiger partial charge on any atom is -0.367 e. The average Bonchev–Trinajstić information content (AvgIpc) is 2.82. The van der Waals surface area contributed by atoms with Gasteiger partial charge in [0, 0.05) is 49.0 Å². The van der Waals surface area contributed by atoms with Gasteiger partial charge in [0.1, 0.15) is 0 Å². The van der Waals surface area contributed by atoms with E-state index in [1.54, 1.807) is 6.07 Å². The summed E-state index contributed by atoms with van der Waals surface area (Å²) in [5.41, 5.74) is 2.53. The molecule has 1 amide bonds. The summed E-state index contributed by atoms with van der Waals surface area (Å²) < 4.78 is 51.3. The smallest absolute Gasteiger partial charge is 0.367 e. The molecule has 2 heterocycles. The van der Waals surface area contributed by atoms with Crippen LogP contribution >= 0.6 is 22.1 Å². The van der Waals surface area contributed by atoms with E-state index >= 15 is 0 Å². The zero-order valence-electron chi connectivity index (χ0n) is 20.6. The zero-order chi connectivity index (χ0) is 26.1. The van der Waals surface area contributed by atoms with Crippen molar-refractivity contribution in [1.82, 2.24) is 9.62 Å². The molecule has 4 rings (SSSR count). The number of amides is 1. The summed E-state index contributed by atoms with van der Waals surface area (Å²) in [6.45, 7) is 3.47. The van der Waals surface area contributed by atoms with E-state index in [9.17, 15) is 22.5 Å². The molecular formula is C26H33ClF3N3O2S. The first-order valence-electron chi connectivity index (χ1n) is 12.1. The first-order valence-corrected chi connectivity index (χ1v) is 14.9. The van der Waals surface area contributed by atoms with Gasteiger partial charge in [-0.1, -0.05) is 28.2 Å². The summed E-state index contributed by atoms with van der Waals surface area (Å²) in [6, 6.07) is 9.13. The molecule has 1 saturated heterocycles. The lowest BCUT2D eigenvalue weighted by Gasteiger charge is -2.42. The van der Waals surface area contributed by atoms with Gasteiger partial charge < -0.3 is 14.8 Å². The summed E-state index contributed by atoms with van der Waals surface area (Å²) in [5, 5.41) is 3.17. The molecule has 0 atom stereocenters. The third kappa shape index (κ3) is 6.49. The van der Waals surface area contributed by atoms with Crippen LogP contribution in [0.5, 0.6) is 0 Å². The monoisotopic (exact) mass is 543 g/mol. The minimum atomic E-state index is -4.43. The molecule has 2 aliphatic heterocycles. The molecule has 0 bridgehead atoms. The lowest BCUT2D eigenvalue weighted by atomic mass is 9.97. The molecule has 0 saturated carbocycles. The molecule has 0 spiro atoms. The van der Waals surface area contributed by atoms with Gasteiger partial charge in [-0.25, -0.2) is 4.31 Å². The number of alkyl halides is 3. The first-order chi connectivity index (χ1) is 16.9. The summed E-state index contributed by atoms with van der Waals surface area (Å²) >= 11 is 6.18. The van der Waals surface area contributed by atoms with Crippen LogP contribution in [0.3, 0.4) is 0 Å². The van der Waals surface area contributed by atoms with Crippen LogP contribution in [0.4, 0.5) is 18.9 Å². The second-order valence-electron chi connectivity index (χ2n) is 9.98. The average molecular weight is 544 g/mol. The first kappa shape index (κ1) is 27.1. The van der Waals surface area contributed by atoms with E-state index in [0.717, 1.165) is 68.7 Å². The molecule has 36 heavy (non-hydrogen) atoms. The van der Waals surface area contributed by atoms with Crippen LogP contribution in [0.1, 0.15) is 46.3 Å². The number of nitrogens with zero attached hydrogens (tertiary/aromatic N) is 2. The SMILES string of the molecule is CS(C)(O)N1CCC(CNC(=O)c2ccc3c(c2)CCCN3Cc2ccc(C(F)(F)F)cc2Cl)CC1. The number of aryl methyl sites for hydroxylation is 1. The Balaban J connectivity index is 1.37. The number of rotatable bonds is 6. The van der Waals surface area contributed by atoms with Gasteiger partial charge in [0.25, 0.3) is 5.91 Å². The third-order valence-corrected chi connectivity index (χ3v) is 9.04. The fraction of sp³-hybridized carbons (Fsp3) is 0.500. The van der Waals surface area contributed by atoms with Crippen molar-refractivity contribution in [3.63, 3.8) is 0 Å². The maximum Gasteiger partial charge on any atom is 0.416 e. The molecule has 0 radical (unpaired) electrons.